The number of rotatable bonds is 2. The van der Waals surface area contributed by atoms with E-state index in [0.29, 0.717) is 0 Å². The van der Waals surface area contributed by atoms with Gasteiger partial charge in [-0.25, -0.2) is 0 Å². The molecule has 0 aliphatic carbocycles. The van der Waals surface area contributed by atoms with Gasteiger partial charge in [-0.05, 0) is 59.8 Å². The van der Waals surface area contributed by atoms with Crippen LogP contribution in [0.3, 0.4) is 0 Å². The van der Waals surface area contributed by atoms with Crippen molar-refractivity contribution in [3.63, 3.8) is 0 Å². The average molecular weight is 265 g/mol. The Morgan fingerprint density at radius 2 is 1.75 bits per heavy atom. The van der Waals surface area contributed by atoms with Crippen molar-refractivity contribution in [1.82, 2.24) is 4.98 Å². The van der Waals surface area contributed by atoms with Crippen LogP contribution >= 0.6 is 0 Å². The van der Waals surface area contributed by atoms with E-state index >= 15 is 0 Å². The number of nitrogens with one attached hydrogen (secondary N) is 1. The van der Waals surface area contributed by atoms with E-state index in [-0.39, 0.29) is 5.56 Å². The molecule has 3 rings (SSSR count). The Hall–Kier alpha value is -2.55. The van der Waals surface area contributed by atoms with E-state index in [9.17, 15) is 4.79 Å². The number of methoxy groups -OCH3 is 1. The minimum absolute atomic E-state index is 0.0583. The van der Waals surface area contributed by atoms with E-state index in [2.05, 4.69) is 4.98 Å². The highest BCUT2D eigenvalue weighted by Gasteiger charge is 2.06. The van der Waals surface area contributed by atoms with Gasteiger partial charge in [0.05, 0.1) is 7.11 Å². The third kappa shape index (κ3) is 2.07. The average Bonchev–Trinajstić information content (AvgIpc) is 2.48. The predicted octanol–water partition coefficient (Wildman–Crippen LogP) is 3.51. The van der Waals surface area contributed by atoms with Gasteiger partial charge in [-0.3, -0.25) is 4.79 Å². The van der Waals surface area contributed by atoms with E-state index in [0.717, 1.165) is 33.3 Å². The van der Waals surface area contributed by atoms with Crippen LogP contribution < -0.4 is 10.3 Å². The number of aromatic amines is 1. The zero-order chi connectivity index (χ0) is 14.1. The SMILES string of the molecule is COc1ccc(-c2cc3c(C)cccc3c(=O)[nH]2)cc1. The Balaban J connectivity index is 2.21. The molecule has 0 amide bonds. The summed E-state index contributed by atoms with van der Waals surface area (Å²) in [7, 11) is 1.64. The van der Waals surface area contributed by atoms with Gasteiger partial charge in [0.25, 0.3) is 5.56 Å². The summed E-state index contributed by atoms with van der Waals surface area (Å²) in [5.41, 5.74) is 2.83. The molecule has 1 N–H and O–H groups in total. The van der Waals surface area contributed by atoms with Gasteiger partial charge >= 0.3 is 0 Å². The number of H-pyrrole nitrogens is 1. The van der Waals surface area contributed by atoms with E-state index in [4.69, 9.17) is 4.74 Å². The van der Waals surface area contributed by atoms with Crippen molar-refractivity contribution >= 4 is 10.8 Å². The van der Waals surface area contributed by atoms with Crippen molar-refractivity contribution in [2.45, 2.75) is 6.92 Å². The number of fused-ring (bicyclic) bond motifs is 1. The van der Waals surface area contributed by atoms with Crippen molar-refractivity contribution in [3.8, 4) is 17.0 Å². The van der Waals surface area contributed by atoms with Gasteiger partial charge in [0.15, 0.2) is 0 Å². The molecular formula is C17H15NO2. The fraction of sp³-hybridized carbons (Fsp3) is 0.118. The highest BCUT2D eigenvalue weighted by atomic mass is 16.5. The standard InChI is InChI=1S/C17H15NO2/c1-11-4-3-5-14-15(11)10-16(18-17(14)19)12-6-8-13(20-2)9-7-12/h3-10H,1-2H3,(H,18,19). The molecule has 3 nitrogen and oxygen atoms in total. The third-order valence-corrected chi connectivity index (χ3v) is 3.51. The largest absolute Gasteiger partial charge is 0.497 e. The third-order valence-electron chi connectivity index (χ3n) is 3.51. The Bertz CT molecular complexity index is 817. The summed E-state index contributed by atoms with van der Waals surface area (Å²) in [4.78, 5) is 15.1. The normalized spacial score (nSPS) is 10.7. The quantitative estimate of drug-likeness (QED) is 0.770. The highest BCUT2D eigenvalue weighted by molar-refractivity contribution is 5.87. The van der Waals surface area contributed by atoms with Gasteiger partial charge in [0.1, 0.15) is 5.75 Å². The molecule has 3 aromatic rings. The molecule has 0 saturated carbocycles. The fourth-order valence-electron chi connectivity index (χ4n) is 2.37. The topological polar surface area (TPSA) is 42.1 Å². The van der Waals surface area contributed by atoms with Crippen LogP contribution in [0.2, 0.25) is 0 Å². The molecule has 0 unspecified atom stereocenters. The molecule has 0 spiro atoms. The predicted molar refractivity (Wildman–Crippen MR) is 81.3 cm³/mol. The summed E-state index contributed by atoms with van der Waals surface area (Å²) in [6.45, 7) is 2.01. The first-order chi connectivity index (χ1) is 9.69. The lowest BCUT2D eigenvalue weighted by Gasteiger charge is -2.07. The van der Waals surface area contributed by atoms with Crippen molar-refractivity contribution in [3.05, 3.63) is 64.4 Å². The second-order valence-corrected chi connectivity index (χ2v) is 4.78. The van der Waals surface area contributed by atoms with E-state index in [1.54, 1.807) is 7.11 Å². The molecule has 1 aromatic heterocycles. The second-order valence-electron chi connectivity index (χ2n) is 4.78. The van der Waals surface area contributed by atoms with Gasteiger partial charge in [-0.1, -0.05) is 12.1 Å². The molecule has 3 heteroatoms. The zero-order valence-corrected chi connectivity index (χ0v) is 11.4. The van der Waals surface area contributed by atoms with Crippen LogP contribution in [-0.4, -0.2) is 12.1 Å². The first kappa shape index (κ1) is 12.5. The molecule has 0 saturated heterocycles. The van der Waals surface area contributed by atoms with Crippen LogP contribution in [0.25, 0.3) is 22.0 Å². The van der Waals surface area contributed by atoms with Crippen molar-refractivity contribution in [1.29, 1.82) is 0 Å². The molecule has 0 aliphatic rings. The number of ether oxygens (including phenoxy) is 1. The number of pyridine rings is 1. The fourth-order valence-corrected chi connectivity index (χ4v) is 2.37. The van der Waals surface area contributed by atoms with Gasteiger partial charge in [-0.2, -0.15) is 0 Å². The maximum Gasteiger partial charge on any atom is 0.256 e. The summed E-state index contributed by atoms with van der Waals surface area (Å²) >= 11 is 0. The number of aromatic nitrogens is 1. The van der Waals surface area contributed by atoms with Gasteiger partial charge < -0.3 is 9.72 Å². The molecule has 0 aliphatic heterocycles. The summed E-state index contributed by atoms with van der Waals surface area (Å²) in [5, 5.41) is 1.71. The molecule has 1 heterocycles. The first-order valence-electron chi connectivity index (χ1n) is 6.46. The molecular weight excluding hydrogens is 250 g/mol. The van der Waals surface area contributed by atoms with Crippen LogP contribution in [0.4, 0.5) is 0 Å². The van der Waals surface area contributed by atoms with Gasteiger partial charge in [-0.15, -0.1) is 0 Å². The van der Waals surface area contributed by atoms with Gasteiger partial charge in [0.2, 0.25) is 0 Å². The second kappa shape index (κ2) is 4.85. The van der Waals surface area contributed by atoms with Crippen LogP contribution in [0.5, 0.6) is 5.75 Å². The Morgan fingerprint density at radius 3 is 2.45 bits per heavy atom. The molecule has 100 valence electrons. The molecule has 0 fully saturated rings. The number of hydrogen-bond donors (Lipinski definition) is 1. The number of hydrogen-bond acceptors (Lipinski definition) is 2. The molecule has 0 bridgehead atoms. The minimum atomic E-state index is -0.0583. The summed E-state index contributed by atoms with van der Waals surface area (Å²) < 4.78 is 5.15. The maximum absolute atomic E-state index is 12.2. The lowest BCUT2D eigenvalue weighted by Crippen LogP contribution is -2.07. The Labute approximate surface area is 116 Å². The van der Waals surface area contributed by atoms with Crippen LogP contribution in [0.1, 0.15) is 5.56 Å². The van der Waals surface area contributed by atoms with Crippen molar-refractivity contribution in [2.24, 2.45) is 0 Å². The van der Waals surface area contributed by atoms with Crippen LogP contribution in [-0.2, 0) is 0 Å². The number of aryl methyl sites for hydroxylation is 1. The summed E-state index contributed by atoms with van der Waals surface area (Å²) in [5.74, 6) is 0.799. The summed E-state index contributed by atoms with van der Waals surface area (Å²) in [6.07, 6.45) is 0. The highest BCUT2D eigenvalue weighted by Crippen LogP contribution is 2.23. The lowest BCUT2D eigenvalue weighted by molar-refractivity contribution is 0.415. The first-order valence-corrected chi connectivity index (χ1v) is 6.46. The van der Waals surface area contributed by atoms with Crippen LogP contribution in [0.15, 0.2) is 53.3 Å². The molecule has 2 aromatic carbocycles. The lowest BCUT2D eigenvalue weighted by atomic mass is 10.0. The monoisotopic (exact) mass is 265 g/mol. The minimum Gasteiger partial charge on any atom is -0.497 e. The van der Waals surface area contributed by atoms with E-state index < -0.39 is 0 Å². The van der Waals surface area contributed by atoms with E-state index in [1.165, 1.54) is 0 Å². The number of benzene rings is 2. The summed E-state index contributed by atoms with van der Waals surface area (Å²) in [6, 6.07) is 15.4. The smallest absolute Gasteiger partial charge is 0.256 e. The Morgan fingerprint density at radius 1 is 1.00 bits per heavy atom. The zero-order valence-electron chi connectivity index (χ0n) is 11.4. The molecule has 0 atom stereocenters. The Kier molecular flexibility index (Phi) is 3.03. The van der Waals surface area contributed by atoms with Crippen LogP contribution in [0, 0.1) is 6.92 Å². The van der Waals surface area contributed by atoms with E-state index in [1.807, 2.05) is 55.5 Å². The molecule has 20 heavy (non-hydrogen) atoms. The van der Waals surface area contributed by atoms with Crippen molar-refractivity contribution < 1.29 is 4.74 Å². The van der Waals surface area contributed by atoms with Crippen molar-refractivity contribution in [2.75, 3.05) is 7.11 Å². The molecule has 0 radical (unpaired) electrons. The maximum atomic E-state index is 12.2. The van der Waals surface area contributed by atoms with Gasteiger partial charge in [0, 0.05) is 11.1 Å².